The SMILES string of the molecule is Cc1c(N(C2CCCCC2)C2CCCCC2)/c1=N\[C@H](CO)Cc1ccccc1. The van der Waals surface area contributed by atoms with Gasteiger partial charge in [-0.25, -0.2) is 0 Å². The average Bonchev–Trinajstić information content (AvgIpc) is 3.38. The highest BCUT2D eigenvalue weighted by Gasteiger charge is 2.35. The van der Waals surface area contributed by atoms with E-state index in [2.05, 4.69) is 36.1 Å². The Bertz CT molecular complexity index is 729. The second kappa shape index (κ2) is 9.26. The molecule has 0 radical (unpaired) electrons. The van der Waals surface area contributed by atoms with Crippen LogP contribution < -0.4 is 10.3 Å². The van der Waals surface area contributed by atoms with E-state index in [-0.39, 0.29) is 12.6 Å². The molecule has 28 heavy (non-hydrogen) atoms. The molecule has 2 aliphatic carbocycles. The van der Waals surface area contributed by atoms with Crippen molar-refractivity contribution < 1.29 is 5.11 Å². The Balaban J connectivity index is 1.55. The van der Waals surface area contributed by atoms with Crippen LogP contribution in [0.25, 0.3) is 0 Å². The Hall–Kier alpha value is -1.61. The molecule has 0 heterocycles. The number of rotatable bonds is 7. The first kappa shape index (κ1) is 19.7. The quantitative estimate of drug-likeness (QED) is 0.745. The van der Waals surface area contributed by atoms with Gasteiger partial charge in [0, 0.05) is 17.6 Å². The highest BCUT2D eigenvalue weighted by atomic mass is 16.3. The van der Waals surface area contributed by atoms with Crippen molar-refractivity contribution in [2.45, 2.75) is 95.7 Å². The van der Waals surface area contributed by atoms with Crippen LogP contribution in [0.15, 0.2) is 35.3 Å². The van der Waals surface area contributed by atoms with Gasteiger partial charge in [0.1, 0.15) is 0 Å². The fraction of sp³-hybridized carbons (Fsp3) is 0.640. The van der Waals surface area contributed by atoms with E-state index in [1.54, 1.807) is 0 Å². The van der Waals surface area contributed by atoms with Gasteiger partial charge in [-0.3, -0.25) is 4.99 Å². The molecule has 0 unspecified atom stereocenters. The fourth-order valence-electron chi connectivity index (χ4n) is 5.33. The first-order valence-electron chi connectivity index (χ1n) is 11.5. The summed E-state index contributed by atoms with van der Waals surface area (Å²) in [5, 5.41) is 11.1. The molecule has 1 atom stereocenters. The van der Waals surface area contributed by atoms with Gasteiger partial charge in [-0.1, -0.05) is 68.9 Å². The molecule has 2 saturated carbocycles. The van der Waals surface area contributed by atoms with Crippen LogP contribution in [-0.4, -0.2) is 29.8 Å². The van der Waals surface area contributed by atoms with E-state index in [1.807, 2.05) is 6.07 Å². The second-order valence-electron chi connectivity index (χ2n) is 8.97. The minimum absolute atomic E-state index is 0.0376. The molecule has 0 aromatic heterocycles. The number of hydrogen-bond acceptors (Lipinski definition) is 3. The molecule has 3 nitrogen and oxygen atoms in total. The minimum atomic E-state index is -0.0376. The normalized spacial score (nSPS) is 21.3. The predicted molar refractivity (Wildman–Crippen MR) is 116 cm³/mol. The third-order valence-electron chi connectivity index (χ3n) is 6.90. The molecule has 4 rings (SSSR count). The zero-order chi connectivity index (χ0) is 19.3. The van der Waals surface area contributed by atoms with Crippen LogP contribution >= 0.6 is 0 Å². The van der Waals surface area contributed by atoms with Crippen LogP contribution in [0.3, 0.4) is 0 Å². The summed E-state index contributed by atoms with van der Waals surface area (Å²) in [5.41, 5.74) is 4.06. The lowest BCUT2D eigenvalue weighted by Gasteiger charge is -2.41. The molecule has 0 spiro atoms. The maximum absolute atomic E-state index is 9.93. The Kier molecular flexibility index (Phi) is 6.51. The molecular formula is C25H36N2O. The molecule has 2 aromatic carbocycles. The summed E-state index contributed by atoms with van der Waals surface area (Å²) in [6.07, 6.45) is 14.5. The monoisotopic (exact) mass is 380 g/mol. The summed E-state index contributed by atoms with van der Waals surface area (Å²) < 4.78 is 0. The van der Waals surface area contributed by atoms with Crippen molar-refractivity contribution >= 4 is 5.69 Å². The predicted octanol–water partition coefficient (Wildman–Crippen LogP) is 4.85. The van der Waals surface area contributed by atoms with E-state index in [4.69, 9.17) is 4.99 Å². The Morgan fingerprint density at radius 2 is 1.50 bits per heavy atom. The number of benzene rings is 1. The van der Waals surface area contributed by atoms with Gasteiger partial charge < -0.3 is 10.0 Å². The molecule has 0 aliphatic heterocycles. The van der Waals surface area contributed by atoms with Crippen LogP contribution in [0.5, 0.6) is 0 Å². The molecule has 152 valence electrons. The topological polar surface area (TPSA) is 35.8 Å². The minimum Gasteiger partial charge on any atom is -0.394 e. The van der Waals surface area contributed by atoms with E-state index in [0.717, 1.165) is 6.42 Å². The maximum atomic E-state index is 9.93. The lowest BCUT2D eigenvalue weighted by atomic mass is 9.88. The van der Waals surface area contributed by atoms with Gasteiger partial charge in [0.05, 0.1) is 23.7 Å². The van der Waals surface area contributed by atoms with Gasteiger partial charge >= 0.3 is 0 Å². The zero-order valence-electron chi connectivity index (χ0n) is 17.4. The van der Waals surface area contributed by atoms with Gasteiger partial charge in [0.25, 0.3) is 0 Å². The van der Waals surface area contributed by atoms with E-state index >= 15 is 0 Å². The molecule has 2 aromatic rings. The van der Waals surface area contributed by atoms with Crippen molar-refractivity contribution in [3.63, 3.8) is 0 Å². The third kappa shape index (κ3) is 4.51. The maximum Gasteiger partial charge on any atom is 0.0866 e. The zero-order valence-corrected chi connectivity index (χ0v) is 17.4. The summed E-state index contributed by atoms with van der Waals surface area (Å²) in [6.45, 7) is 2.36. The third-order valence-corrected chi connectivity index (χ3v) is 6.90. The van der Waals surface area contributed by atoms with Crippen molar-refractivity contribution in [2.24, 2.45) is 4.99 Å². The molecular weight excluding hydrogens is 344 g/mol. The first-order valence-corrected chi connectivity index (χ1v) is 11.5. The fourth-order valence-corrected chi connectivity index (χ4v) is 5.33. The van der Waals surface area contributed by atoms with Crippen molar-refractivity contribution in [3.05, 3.63) is 46.8 Å². The lowest BCUT2D eigenvalue weighted by Crippen LogP contribution is -2.45. The largest absolute Gasteiger partial charge is 0.394 e. The molecule has 2 fully saturated rings. The van der Waals surface area contributed by atoms with Gasteiger partial charge in [0.2, 0.25) is 0 Å². The summed E-state index contributed by atoms with van der Waals surface area (Å²) in [7, 11) is 0. The van der Waals surface area contributed by atoms with E-state index < -0.39 is 0 Å². The number of anilines is 1. The first-order chi connectivity index (χ1) is 13.8. The summed E-state index contributed by atoms with van der Waals surface area (Å²) in [5.74, 6) is 0. The summed E-state index contributed by atoms with van der Waals surface area (Å²) in [6, 6.07) is 11.8. The summed E-state index contributed by atoms with van der Waals surface area (Å²) >= 11 is 0. The number of hydrogen-bond donors (Lipinski definition) is 1. The van der Waals surface area contributed by atoms with Crippen LogP contribution in [0, 0.1) is 6.92 Å². The van der Waals surface area contributed by atoms with Crippen molar-refractivity contribution in [2.75, 3.05) is 11.5 Å². The summed E-state index contributed by atoms with van der Waals surface area (Å²) in [4.78, 5) is 7.82. The van der Waals surface area contributed by atoms with Gasteiger partial charge in [-0.2, -0.15) is 0 Å². The van der Waals surface area contributed by atoms with Crippen molar-refractivity contribution in [1.82, 2.24) is 0 Å². The van der Waals surface area contributed by atoms with Crippen LogP contribution in [0.2, 0.25) is 0 Å². The van der Waals surface area contributed by atoms with Crippen LogP contribution in [-0.2, 0) is 6.42 Å². The smallest absolute Gasteiger partial charge is 0.0866 e. The van der Waals surface area contributed by atoms with Crippen molar-refractivity contribution in [1.29, 1.82) is 0 Å². The van der Waals surface area contributed by atoms with Gasteiger partial charge in [-0.05, 0) is 44.6 Å². The van der Waals surface area contributed by atoms with E-state index in [1.165, 1.54) is 86.4 Å². The molecule has 0 bridgehead atoms. The standard InChI is InChI=1S/C25H36N2O/c1-19-24(26-21(18-28)17-20-11-5-2-6-12-20)25(19)27(22-13-7-3-8-14-22)23-15-9-4-10-16-23/h2,5-6,11-12,21-23,28H,3-4,7-10,13-18H2,1H3/b26-24-/t21-/m0/s1. The number of aliphatic hydroxyl groups excluding tert-OH is 1. The molecule has 0 saturated heterocycles. The van der Waals surface area contributed by atoms with Gasteiger partial charge in [0.15, 0.2) is 0 Å². The lowest BCUT2D eigenvalue weighted by molar-refractivity contribution is 0.264. The highest BCUT2D eigenvalue weighted by Crippen LogP contribution is 2.36. The van der Waals surface area contributed by atoms with E-state index in [0.29, 0.717) is 12.1 Å². The molecule has 3 heteroatoms. The van der Waals surface area contributed by atoms with E-state index in [9.17, 15) is 5.11 Å². The number of nitrogens with zero attached hydrogens (tertiary/aromatic N) is 2. The Morgan fingerprint density at radius 1 is 0.929 bits per heavy atom. The molecule has 1 N–H and O–H groups in total. The molecule has 0 amide bonds. The van der Waals surface area contributed by atoms with Crippen molar-refractivity contribution in [3.8, 4) is 0 Å². The Morgan fingerprint density at radius 3 is 2.04 bits per heavy atom. The van der Waals surface area contributed by atoms with Crippen LogP contribution in [0.4, 0.5) is 5.69 Å². The van der Waals surface area contributed by atoms with Gasteiger partial charge in [-0.15, -0.1) is 0 Å². The number of aliphatic hydroxyl groups is 1. The Labute approximate surface area is 170 Å². The second-order valence-corrected chi connectivity index (χ2v) is 8.97. The molecule has 2 aliphatic rings. The van der Waals surface area contributed by atoms with Crippen LogP contribution in [0.1, 0.15) is 75.3 Å². The average molecular weight is 381 g/mol. The highest BCUT2D eigenvalue weighted by molar-refractivity contribution is 5.66.